The predicted octanol–water partition coefficient (Wildman–Crippen LogP) is 3.09. The Morgan fingerprint density at radius 1 is 1.15 bits per heavy atom. The minimum absolute atomic E-state index is 0.129. The fourth-order valence-corrected chi connectivity index (χ4v) is 3.46. The number of methoxy groups -OCH3 is 1. The van der Waals surface area contributed by atoms with E-state index < -0.39 is 0 Å². The van der Waals surface area contributed by atoms with E-state index in [2.05, 4.69) is 5.32 Å². The van der Waals surface area contributed by atoms with Gasteiger partial charge in [0.2, 0.25) is 6.79 Å². The Balaban J connectivity index is 1.75. The van der Waals surface area contributed by atoms with Gasteiger partial charge in [-0.05, 0) is 54.4 Å². The van der Waals surface area contributed by atoms with Gasteiger partial charge in [-0.1, -0.05) is 6.07 Å². The number of rotatable bonds is 5. The molecule has 4 rings (SSSR count). The van der Waals surface area contributed by atoms with Crippen LogP contribution in [0.3, 0.4) is 0 Å². The summed E-state index contributed by atoms with van der Waals surface area (Å²) in [5, 5.41) is 3.38. The van der Waals surface area contributed by atoms with Crippen LogP contribution in [0.2, 0.25) is 0 Å². The average molecular weight is 367 g/mol. The van der Waals surface area contributed by atoms with Crippen LogP contribution < -0.4 is 19.5 Å². The topological polar surface area (TPSA) is 66.0 Å². The van der Waals surface area contributed by atoms with Crippen molar-refractivity contribution in [3.05, 3.63) is 59.2 Å². The number of hydrogen-bond donors (Lipinski definition) is 1. The van der Waals surface area contributed by atoms with Crippen molar-refractivity contribution in [1.29, 1.82) is 0 Å². The van der Waals surface area contributed by atoms with Gasteiger partial charge in [-0.3, -0.25) is 0 Å². The van der Waals surface area contributed by atoms with Gasteiger partial charge in [-0.2, -0.15) is 0 Å². The first-order chi connectivity index (χ1) is 13.2. The van der Waals surface area contributed by atoms with Crippen LogP contribution >= 0.6 is 0 Å². The molecule has 0 spiro atoms. The molecule has 6 heteroatoms. The lowest BCUT2D eigenvalue weighted by Crippen LogP contribution is -2.15. The molecule has 1 N–H and O–H groups in total. The summed E-state index contributed by atoms with van der Waals surface area (Å²) in [5.74, 6) is 1.75. The monoisotopic (exact) mass is 367 g/mol. The molecular formula is C21H21NO5. The van der Waals surface area contributed by atoms with Crippen LogP contribution in [0.4, 0.5) is 0 Å². The van der Waals surface area contributed by atoms with Crippen LogP contribution in [0.5, 0.6) is 17.2 Å². The van der Waals surface area contributed by atoms with Gasteiger partial charge < -0.3 is 24.3 Å². The van der Waals surface area contributed by atoms with Crippen molar-refractivity contribution in [3.8, 4) is 17.2 Å². The van der Waals surface area contributed by atoms with E-state index >= 15 is 0 Å². The number of hydrogen-bond acceptors (Lipinski definition) is 6. The van der Waals surface area contributed by atoms with E-state index in [-0.39, 0.29) is 18.7 Å². The number of ether oxygens (including phenoxy) is 4. The van der Waals surface area contributed by atoms with E-state index in [1.54, 1.807) is 7.11 Å². The van der Waals surface area contributed by atoms with Crippen LogP contribution in [0.25, 0.3) is 5.70 Å². The zero-order valence-corrected chi connectivity index (χ0v) is 15.3. The molecule has 0 radical (unpaired) electrons. The molecule has 2 aromatic rings. The molecule has 0 unspecified atom stereocenters. The predicted molar refractivity (Wildman–Crippen MR) is 99.9 cm³/mol. The lowest BCUT2D eigenvalue weighted by molar-refractivity contribution is -0.138. The zero-order valence-electron chi connectivity index (χ0n) is 15.3. The van der Waals surface area contributed by atoms with Gasteiger partial charge in [0.25, 0.3) is 0 Å². The molecule has 0 aliphatic carbocycles. The molecule has 2 heterocycles. The Labute approximate surface area is 157 Å². The van der Waals surface area contributed by atoms with E-state index in [0.717, 1.165) is 28.3 Å². The Kier molecular flexibility index (Phi) is 4.62. The van der Waals surface area contributed by atoms with E-state index in [1.165, 1.54) is 0 Å². The molecule has 2 aliphatic rings. The Morgan fingerprint density at radius 2 is 1.93 bits per heavy atom. The van der Waals surface area contributed by atoms with Crippen LogP contribution in [0.1, 0.15) is 24.0 Å². The molecule has 140 valence electrons. The maximum Gasteiger partial charge on any atom is 0.336 e. The molecule has 1 atom stereocenters. The first kappa shape index (κ1) is 17.3. The minimum atomic E-state index is -0.309. The molecule has 27 heavy (non-hydrogen) atoms. The SMILES string of the molecule is CCOC(=O)C1=C(c2ccc(OC)cc2)NC[C@@H]1c1ccc2c(c1)OCO2. The lowest BCUT2D eigenvalue weighted by atomic mass is 9.91. The van der Waals surface area contributed by atoms with Gasteiger partial charge in [-0.15, -0.1) is 0 Å². The zero-order chi connectivity index (χ0) is 18.8. The quantitative estimate of drug-likeness (QED) is 0.820. The third-order valence-corrected chi connectivity index (χ3v) is 4.77. The maximum atomic E-state index is 12.8. The second-order valence-corrected chi connectivity index (χ2v) is 6.28. The Hall–Kier alpha value is -3.15. The number of carbonyl (C=O) groups excluding carboxylic acids is 1. The fraction of sp³-hybridized carbons (Fsp3) is 0.286. The molecule has 6 nitrogen and oxygen atoms in total. The maximum absolute atomic E-state index is 12.8. The van der Waals surface area contributed by atoms with Gasteiger partial charge in [0.15, 0.2) is 11.5 Å². The summed E-state index contributed by atoms with van der Waals surface area (Å²) >= 11 is 0. The minimum Gasteiger partial charge on any atom is -0.497 e. The third-order valence-electron chi connectivity index (χ3n) is 4.77. The van der Waals surface area contributed by atoms with Crippen molar-refractivity contribution in [3.63, 3.8) is 0 Å². The van der Waals surface area contributed by atoms with Gasteiger partial charge in [-0.25, -0.2) is 4.79 Å². The smallest absolute Gasteiger partial charge is 0.336 e. The highest BCUT2D eigenvalue weighted by atomic mass is 16.7. The number of nitrogens with one attached hydrogen (secondary N) is 1. The van der Waals surface area contributed by atoms with E-state index in [4.69, 9.17) is 18.9 Å². The second kappa shape index (κ2) is 7.23. The first-order valence-electron chi connectivity index (χ1n) is 8.90. The normalized spacial score (nSPS) is 17.6. The van der Waals surface area contributed by atoms with Crippen molar-refractivity contribution < 1.29 is 23.7 Å². The molecule has 0 saturated carbocycles. The van der Waals surface area contributed by atoms with Crippen LogP contribution in [0.15, 0.2) is 48.0 Å². The van der Waals surface area contributed by atoms with Gasteiger partial charge in [0.1, 0.15) is 5.75 Å². The molecule has 0 saturated heterocycles. The fourth-order valence-electron chi connectivity index (χ4n) is 3.46. The molecule has 2 aromatic carbocycles. The molecule has 2 aliphatic heterocycles. The summed E-state index contributed by atoms with van der Waals surface area (Å²) < 4.78 is 21.5. The molecule has 0 fully saturated rings. The van der Waals surface area contributed by atoms with E-state index in [1.807, 2.05) is 49.4 Å². The average Bonchev–Trinajstić information content (AvgIpc) is 3.34. The number of fused-ring (bicyclic) bond motifs is 1. The summed E-state index contributed by atoms with van der Waals surface area (Å²) in [4.78, 5) is 12.8. The van der Waals surface area contributed by atoms with Gasteiger partial charge in [0.05, 0.1) is 25.0 Å². The summed E-state index contributed by atoms with van der Waals surface area (Å²) in [6.07, 6.45) is 0. The second-order valence-electron chi connectivity index (χ2n) is 6.28. The molecular weight excluding hydrogens is 346 g/mol. The number of carbonyl (C=O) groups is 1. The largest absolute Gasteiger partial charge is 0.497 e. The lowest BCUT2D eigenvalue weighted by Gasteiger charge is -2.14. The van der Waals surface area contributed by atoms with Crippen molar-refractivity contribution in [2.45, 2.75) is 12.8 Å². The molecule has 0 aromatic heterocycles. The Bertz CT molecular complexity index is 888. The third kappa shape index (κ3) is 3.18. The highest BCUT2D eigenvalue weighted by molar-refractivity contribution is 6.00. The summed E-state index contributed by atoms with van der Waals surface area (Å²) in [6, 6.07) is 13.4. The number of benzene rings is 2. The van der Waals surface area contributed by atoms with Crippen molar-refractivity contribution in [1.82, 2.24) is 5.32 Å². The Morgan fingerprint density at radius 3 is 2.67 bits per heavy atom. The van der Waals surface area contributed by atoms with Crippen LogP contribution in [-0.4, -0.2) is 33.0 Å². The van der Waals surface area contributed by atoms with Crippen LogP contribution in [0, 0.1) is 0 Å². The van der Waals surface area contributed by atoms with Crippen molar-refractivity contribution in [2.75, 3.05) is 27.1 Å². The van der Waals surface area contributed by atoms with Gasteiger partial charge >= 0.3 is 5.97 Å². The van der Waals surface area contributed by atoms with Crippen molar-refractivity contribution in [2.24, 2.45) is 0 Å². The first-order valence-corrected chi connectivity index (χ1v) is 8.90. The van der Waals surface area contributed by atoms with Crippen LogP contribution in [-0.2, 0) is 9.53 Å². The highest BCUT2D eigenvalue weighted by Crippen LogP contribution is 2.40. The number of esters is 1. The van der Waals surface area contributed by atoms with Crippen molar-refractivity contribution >= 4 is 11.7 Å². The summed E-state index contributed by atoms with van der Waals surface area (Å²) in [6.45, 7) is 2.96. The molecule has 0 amide bonds. The summed E-state index contributed by atoms with van der Waals surface area (Å²) in [5.41, 5.74) is 3.32. The highest BCUT2D eigenvalue weighted by Gasteiger charge is 2.34. The standard InChI is InChI=1S/C21H21NO5/c1-3-25-21(23)19-16(14-6-9-17-18(10-14)27-12-26-17)11-22-20(19)13-4-7-15(24-2)8-5-13/h4-10,16,22H,3,11-12H2,1-2H3/t16-/m1/s1. The molecule has 0 bridgehead atoms. The van der Waals surface area contributed by atoms with Gasteiger partial charge in [0, 0.05) is 12.5 Å². The van der Waals surface area contributed by atoms with E-state index in [9.17, 15) is 4.79 Å². The summed E-state index contributed by atoms with van der Waals surface area (Å²) in [7, 11) is 1.63. The van der Waals surface area contributed by atoms with E-state index in [0.29, 0.717) is 24.5 Å².